The summed E-state index contributed by atoms with van der Waals surface area (Å²) in [5.41, 5.74) is -1.62. The van der Waals surface area contributed by atoms with Crippen LogP contribution < -0.4 is 24.4 Å². The largest absolute Gasteiger partial charge is 0.497 e. The van der Waals surface area contributed by atoms with Crippen LogP contribution in [0.25, 0.3) is 0 Å². The molecule has 2 fully saturated rings. The van der Waals surface area contributed by atoms with Gasteiger partial charge in [-0.2, -0.15) is 9.57 Å². The standard InChI is InChI=1S/C29H28N6O6S/c1-3-41-25-22(5-4-12-32-25)29(33-27(37)34-17-28(18-34)15-31-16-28)23-13-19(14-30)6-11-24(23)35(26(29)36)42(38,39)21-9-7-20(40-2)8-10-21/h4-13,31H,3,15-18H2,1-2H3,(H,33,37)/t29-/m1/s1. The second-order valence-corrected chi connectivity index (χ2v) is 12.3. The first-order valence-electron chi connectivity index (χ1n) is 13.3. The Labute approximate surface area is 242 Å². The van der Waals surface area contributed by atoms with Crippen molar-refractivity contribution in [3.8, 4) is 17.7 Å². The fraction of sp³-hybridized carbons (Fsp3) is 0.310. The van der Waals surface area contributed by atoms with Crippen molar-refractivity contribution in [2.24, 2.45) is 5.41 Å². The van der Waals surface area contributed by atoms with E-state index in [1.54, 1.807) is 24.0 Å². The quantitative estimate of drug-likeness (QED) is 0.422. The van der Waals surface area contributed by atoms with Crippen molar-refractivity contribution in [3.63, 3.8) is 0 Å². The molecule has 0 aliphatic carbocycles. The number of rotatable bonds is 7. The maximum Gasteiger partial charge on any atom is 0.318 e. The van der Waals surface area contributed by atoms with E-state index in [0.29, 0.717) is 23.1 Å². The second-order valence-electron chi connectivity index (χ2n) is 10.5. The molecule has 3 amide bonds. The lowest BCUT2D eigenvalue weighted by Crippen LogP contribution is -2.73. The number of carbonyl (C=O) groups excluding carboxylic acids is 2. The molecule has 3 aromatic rings. The van der Waals surface area contributed by atoms with E-state index in [0.717, 1.165) is 13.1 Å². The van der Waals surface area contributed by atoms with Gasteiger partial charge in [-0.25, -0.2) is 18.2 Å². The summed E-state index contributed by atoms with van der Waals surface area (Å²) in [5.74, 6) is -0.465. The predicted octanol–water partition coefficient (Wildman–Crippen LogP) is 1.95. The number of amides is 3. The highest BCUT2D eigenvalue weighted by Crippen LogP contribution is 2.49. The summed E-state index contributed by atoms with van der Waals surface area (Å²) < 4.78 is 39.9. The number of nitriles is 1. The average molecular weight is 589 g/mol. The van der Waals surface area contributed by atoms with Crippen molar-refractivity contribution in [3.05, 3.63) is 77.5 Å². The van der Waals surface area contributed by atoms with Gasteiger partial charge in [0.2, 0.25) is 5.88 Å². The molecule has 3 aliphatic rings. The van der Waals surface area contributed by atoms with Crippen LogP contribution >= 0.6 is 0 Å². The Bertz CT molecular complexity index is 1730. The summed E-state index contributed by atoms with van der Waals surface area (Å²) in [6, 6.07) is 14.5. The maximum absolute atomic E-state index is 14.8. The molecule has 1 atom stereocenters. The van der Waals surface area contributed by atoms with Crippen molar-refractivity contribution in [2.45, 2.75) is 17.4 Å². The molecule has 2 aromatic carbocycles. The van der Waals surface area contributed by atoms with E-state index in [9.17, 15) is 23.3 Å². The maximum atomic E-state index is 14.8. The zero-order chi connectivity index (χ0) is 29.7. The minimum Gasteiger partial charge on any atom is -0.497 e. The number of hydrogen-bond acceptors (Lipinski definition) is 9. The van der Waals surface area contributed by atoms with Gasteiger partial charge in [0.05, 0.1) is 41.5 Å². The number of benzene rings is 2. The summed E-state index contributed by atoms with van der Waals surface area (Å²) in [5, 5.41) is 15.9. The molecule has 0 saturated carbocycles. The van der Waals surface area contributed by atoms with Gasteiger partial charge in [0.25, 0.3) is 15.9 Å². The molecule has 42 heavy (non-hydrogen) atoms. The van der Waals surface area contributed by atoms with Gasteiger partial charge in [0.1, 0.15) is 5.75 Å². The number of nitrogens with one attached hydrogen (secondary N) is 2. The van der Waals surface area contributed by atoms with Gasteiger partial charge in [0, 0.05) is 43.4 Å². The summed E-state index contributed by atoms with van der Waals surface area (Å²) >= 11 is 0. The number of aromatic nitrogens is 1. The van der Waals surface area contributed by atoms with Crippen molar-refractivity contribution in [1.29, 1.82) is 5.26 Å². The third kappa shape index (κ3) is 4.06. The van der Waals surface area contributed by atoms with Gasteiger partial charge in [-0.15, -0.1) is 0 Å². The van der Waals surface area contributed by atoms with Crippen LogP contribution in [0, 0.1) is 16.7 Å². The van der Waals surface area contributed by atoms with Crippen LogP contribution in [0.3, 0.4) is 0 Å². The predicted molar refractivity (Wildman–Crippen MR) is 150 cm³/mol. The number of pyridine rings is 1. The molecular weight excluding hydrogens is 560 g/mol. The highest BCUT2D eigenvalue weighted by molar-refractivity contribution is 7.93. The number of methoxy groups -OCH3 is 1. The third-order valence-corrected chi connectivity index (χ3v) is 9.65. The van der Waals surface area contributed by atoms with Gasteiger partial charge in [-0.05, 0) is 61.5 Å². The number of anilines is 1. The third-order valence-electron chi connectivity index (χ3n) is 7.94. The normalized spacial score (nSPS) is 20.3. The Morgan fingerprint density at radius 1 is 1.14 bits per heavy atom. The molecule has 6 rings (SSSR count). The fourth-order valence-corrected chi connectivity index (χ4v) is 7.24. The molecule has 3 aliphatic heterocycles. The van der Waals surface area contributed by atoms with E-state index in [-0.39, 0.29) is 45.2 Å². The van der Waals surface area contributed by atoms with Crippen LogP contribution in [0.2, 0.25) is 0 Å². The number of hydrogen-bond donors (Lipinski definition) is 2. The first-order valence-corrected chi connectivity index (χ1v) is 14.8. The van der Waals surface area contributed by atoms with Crippen LogP contribution in [0.5, 0.6) is 11.6 Å². The Balaban J connectivity index is 1.54. The summed E-state index contributed by atoms with van der Waals surface area (Å²) in [6.07, 6.45) is 1.48. The second kappa shape index (κ2) is 10.0. The van der Waals surface area contributed by atoms with Gasteiger partial charge in [0.15, 0.2) is 5.54 Å². The lowest BCUT2D eigenvalue weighted by atomic mass is 9.74. The minimum atomic E-state index is -4.50. The van der Waals surface area contributed by atoms with Gasteiger partial charge in [-0.3, -0.25) is 4.79 Å². The monoisotopic (exact) mass is 588 g/mol. The van der Waals surface area contributed by atoms with Crippen LogP contribution in [0.1, 0.15) is 23.6 Å². The number of carbonyl (C=O) groups is 2. The molecule has 216 valence electrons. The van der Waals surface area contributed by atoms with E-state index in [1.165, 1.54) is 55.8 Å². The topological polar surface area (TPSA) is 154 Å². The van der Waals surface area contributed by atoms with Crippen molar-refractivity contribution >= 4 is 27.6 Å². The lowest BCUT2D eigenvalue weighted by molar-refractivity contribution is -0.121. The van der Waals surface area contributed by atoms with Crippen LogP contribution in [-0.2, 0) is 20.4 Å². The first-order chi connectivity index (χ1) is 20.2. The SMILES string of the molecule is CCOc1ncccc1[C@]1(NC(=O)N2CC3(CNC3)C2)C(=O)N(S(=O)(=O)c2ccc(OC)cc2)c2ccc(C#N)cc21. The number of fused-ring (bicyclic) bond motifs is 1. The van der Waals surface area contributed by atoms with Crippen molar-refractivity contribution < 1.29 is 27.5 Å². The molecular formula is C29H28N6O6S. The molecule has 2 saturated heterocycles. The van der Waals surface area contributed by atoms with Crippen molar-refractivity contribution in [1.82, 2.24) is 20.5 Å². The number of likely N-dealkylation sites (tertiary alicyclic amines) is 1. The zero-order valence-corrected chi connectivity index (χ0v) is 23.8. The average Bonchev–Trinajstić information content (AvgIpc) is 3.19. The number of urea groups is 1. The first kappa shape index (κ1) is 27.5. The van der Waals surface area contributed by atoms with E-state index in [2.05, 4.69) is 21.7 Å². The molecule has 0 radical (unpaired) electrons. The van der Waals surface area contributed by atoms with E-state index in [1.807, 2.05) is 0 Å². The number of sulfonamides is 1. The summed E-state index contributed by atoms with van der Waals surface area (Å²) in [6.45, 7) is 4.50. The molecule has 1 aromatic heterocycles. The van der Waals surface area contributed by atoms with Crippen LogP contribution in [0.15, 0.2) is 65.7 Å². The molecule has 13 heteroatoms. The Kier molecular flexibility index (Phi) is 6.55. The Morgan fingerprint density at radius 2 is 1.88 bits per heavy atom. The zero-order valence-electron chi connectivity index (χ0n) is 23.0. The fourth-order valence-electron chi connectivity index (χ4n) is 5.78. The smallest absolute Gasteiger partial charge is 0.318 e. The molecule has 0 bridgehead atoms. The number of nitrogens with zero attached hydrogens (tertiary/aromatic N) is 4. The molecule has 1 spiro atoms. The molecule has 0 unspecified atom stereocenters. The Hall–Kier alpha value is -4.67. The van der Waals surface area contributed by atoms with Gasteiger partial charge in [-0.1, -0.05) is 0 Å². The summed E-state index contributed by atoms with van der Waals surface area (Å²) in [7, 11) is -3.04. The Morgan fingerprint density at radius 3 is 2.50 bits per heavy atom. The molecule has 12 nitrogen and oxygen atoms in total. The van der Waals surface area contributed by atoms with Gasteiger partial charge < -0.3 is 25.0 Å². The lowest BCUT2D eigenvalue weighted by Gasteiger charge is -2.56. The highest BCUT2D eigenvalue weighted by Gasteiger charge is 2.60. The van der Waals surface area contributed by atoms with Crippen molar-refractivity contribution in [2.75, 3.05) is 44.2 Å². The van der Waals surface area contributed by atoms with E-state index in [4.69, 9.17) is 9.47 Å². The van der Waals surface area contributed by atoms with Gasteiger partial charge >= 0.3 is 6.03 Å². The van der Waals surface area contributed by atoms with Crippen LogP contribution in [-0.4, -0.2) is 70.1 Å². The molecule has 4 heterocycles. The molecule has 2 N–H and O–H groups in total. The summed E-state index contributed by atoms with van der Waals surface area (Å²) in [4.78, 5) is 34.3. The number of ether oxygens (including phenoxy) is 2. The van der Waals surface area contributed by atoms with Crippen LogP contribution in [0.4, 0.5) is 10.5 Å². The highest BCUT2D eigenvalue weighted by atomic mass is 32.2. The van der Waals surface area contributed by atoms with E-state index >= 15 is 0 Å². The minimum absolute atomic E-state index is 0.00434. The van der Waals surface area contributed by atoms with E-state index < -0.39 is 27.5 Å².